The van der Waals surface area contributed by atoms with Crippen LogP contribution in [0.4, 0.5) is 0 Å². The molecule has 1 aromatic rings. The Hall–Kier alpha value is -0.710. The molecule has 0 fully saturated rings. The van der Waals surface area contributed by atoms with Gasteiger partial charge in [0.1, 0.15) is 12.4 Å². The van der Waals surface area contributed by atoms with E-state index in [2.05, 4.69) is 23.7 Å². The average molecular weight is 255 g/mol. The van der Waals surface area contributed by atoms with E-state index in [0.717, 1.165) is 31.9 Å². The SMILES string of the molecule is COCCCNCCOc1ccc(SC)cc1. The normalized spacial score (nSPS) is 10.5. The Labute approximate surface area is 108 Å². The third-order valence-corrected chi connectivity index (χ3v) is 3.05. The molecule has 0 aliphatic heterocycles. The maximum atomic E-state index is 5.61. The van der Waals surface area contributed by atoms with Crippen molar-refractivity contribution in [3.05, 3.63) is 24.3 Å². The van der Waals surface area contributed by atoms with E-state index in [1.54, 1.807) is 18.9 Å². The van der Waals surface area contributed by atoms with Crippen molar-refractivity contribution in [1.29, 1.82) is 0 Å². The second-order valence-electron chi connectivity index (χ2n) is 3.62. The number of ether oxygens (including phenoxy) is 2. The highest BCUT2D eigenvalue weighted by Crippen LogP contribution is 2.18. The minimum Gasteiger partial charge on any atom is -0.492 e. The summed E-state index contributed by atoms with van der Waals surface area (Å²) in [5.41, 5.74) is 0. The molecule has 1 N–H and O–H groups in total. The van der Waals surface area contributed by atoms with Gasteiger partial charge in [0.05, 0.1) is 0 Å². The van der Waals surface area contributed by atoms with Crippen LogP contribution < -0.4 is 10.1 Å². The van der Waals surface area contributed by atoms with Gasteiger partial charge in [-0.15, -0.1) is 11.8 Å². The van der Waals surface area contributed by atoms with Gasteiger partial charge in [-0.3, -0.25) is 0 Å². The summed E-state index contributed by atoms with van der Waals surface area (Å²) in [5.74, 6) is 0.932. The van der Waals surface area contributed by atoms with Crippen molar-refractivity contribution in [2.45, 2.75) is 11.3 Å². The van der Waals surface area contributed by atoms with Crippen molar-refractivity contribution in [1.82, 2.24) is 5.32 Å². The molecule has 0 aliphatic carbocycles. The van der Waals surface area contributed by atoms with Crippen LogP contribution in [-0.2, 0) is 4.74 Å². The Bertz CT molecular complexity index is 290. The van der Waals surface area contributed by atoms with Gasteiger partial charge in [-0.2, -0.15) is 0 Å². The van der Waals surface area contributed by atoms with E-state index >= 15 is 0 Å². The van der Waals surface area contributed by atoms with Gasteiger partial charge in [-0.25, -0.2) is 0 Å². The third-order valence-electron chi connectivity index (χ3n) is 2.31. The molecule has 0 saturated heterocycles. The molecule has 17 heavy (non-hydrogen) atoms. The van der Waals surface area contributed by atoms with E-state index in [1.165, 1.54) is 4.90 Å². The fourth-order valence-corrected chi connectivity index (χ4v) is 1.79. The van der Waals surface area contributed by atoms with Gasteiger partial charge < -0.3 is 14.8 Å². The molecule has 0 radical (unpaired) electrons. The lowest BCUT2D eigenvalue weighted by atomic mass is 10.3. The smallest absolute Gasteiger partial charge is 0.119 e. The monoisotopic (exact) mass is 255 g/mol. The summed E-state index contributed by atoms with van der Waals surface area (Å²) in [7, 11) is 1.72. The fourth-order valence-electron chi connectivity index (χ4n) is 1.38. The Morgan fingerprint density at radius 3 is 2.53 bits per heavy atom. The number of nitrogens with one attached hydrogen (secondary N) is 1. The van der Waals surface area contributed by atoms with E-state index < -0.39 is 0 Å². The van der Waals surface area contributed by atoms with Gasteiger partial charge in [0.25, 0.3) is 0 Å². The van der Waals surface area contributed by atoms with Crippen LogP contribution in [0.5, 0.6) is 5.75 Å². The first-order valence-electron chi connectivity index (χ1n) is 5.83. The summed E-state index contributed by atoms with van der Waals surface area (Å²) >= 11 is 1.74. The molecule has 1 rings (SSSR count). The Balaban J connectivity index is 2.05. The van der Waals surface area contributed by atoms with Gasteiger partial charge in [0, 0.05) is 25.2 Å². The summed E-state index contributed by atoms with van der Waals surface area (Å²) in [6, 6.07) is 8.17. The molecule has 3 nitrogen and oxygen atoms in total. The van der Waals surface area contributed by atoms with Crippen molar-refractivity contribution in [2.75, 3.05) is 39.7 Å². The average Bonchev–Trinajstić information content (AvgIpc) is 2.38. The zero-order valence-corrected chi connectivity index (χ0v) is 11.4. The molecular weight excluding hydrogens is 234 g/mol. The molecule has 0 heterocycles. The molecule has 0 unspecified atom stereocenters. The van der Waals surface area contributed by atoms with Gasteiger partial charge in [-0.05, 0) is 43.5 Å². The van der Waals surface area contributed by atoms with Gasteiger partial charge in [0.15, 0.2) is 0 Å². The third kappa shape index (κ3) is 6.56. The zero-order valence-electron chi connectivity index (χ0n) is 10.6. The van der Waals surface area contributed by atoms with Crippen LogP contribution in [0.1, 0.15) is 6.42 Å². The molecule has 0 aromatic heterocycles. The lowest BCUT2D eigenvalue weighted by molar-refractivity contribution is 0.193. The van der Waals surface area contributed by atoms with Gasteiger partial charge >= 0.3 is 0 Å². The summed E-state index contributed by atoms with van der Waals surface area (Å²) in [4.78, 5) is 1.26. The fraction of sp³-hybridized carbons (Fsp3) is 0.538. The zero-order chi connectivity index (χ0) is 12.3. The first-order chi connectivity index (χ1) is 8.36. The Kier molecular flexibility index (Phi) is 7.88. The number of thioether (sulfide) groups is 1. The predicted molar refractivity (Wildman–Crippen MR) is 73.1 cm³/mol. The van der Waals surface area contributed by atoms with Crippen LogP contribution >= 0.6 is 11.8 Å². The van der Waals surface area contributed by atoms with Crippen LogP contribution in [0.15, 0.2) is 29.2 Å². The maximum absolute atomic E-state index is 5.61. The number of hydrogen-bond donors (Lipinski definition) is 1. The topological polar surface area (TPSA) is 30.5 Å². The molecule has 0 aliphatic rings. The van der Waals surface area contributed by atoms with E-state index in [9.17, 15) is 0 Å². The molecule has 0 spiro atoms. The second-order valence-corrected chi connectivity index (χ2v) is 4.50. The van der Waals surface area contributed by atoms with Crippen molar-refractivity contribution < 1.29 is 9.47 Å². The number of rotatable bonds is 9. The van der Waals surface area contributed by atoms with Crippen molar-refractivity contribution in [2.24, 2.45) is 0 Å². The van der Waals surface area contributed by atoms with Gasteiger partial charge in [0.2, 0.25) is 0 Å². The van der Waals surface area contributed by atoms with Gasteiger partial charge in [-0.1, -0.05) is 0 Å². The largest absolute Gasteiger partial charge is 0.492 e. The summed E-state index contributed by atoms with van der Waals surface area (Å²) in [6.45, 7) is 3.35. The first kappa shape index (κ1) is 14.4. The number of benzene rings is 1. The molecule has 0 bridgehead atoms. The lowest BCUT2D eigenvalue weighted by Crippen LogP contribution is -2.22. The second kappa shape index (κ2) is 9.33. The predicted octanol–water partition coefficient (Wildman–Crippen LogP) is 2.41. The lowest BCUT2D eigenvalue weighted by Gasteiger charge is -2.07. The molecule has 0 atom stereocenters. The molecule has 4 heteroatoms. The maximum Gasteiger partial charge on any atom is 0.119 e. The standard InChI is InChI=1S/C13H21NO2S/c1-15-10-3-8-14-9-11-16-12-4-6-13(17-2)7-5-12/h4-7,14H,3,8-11H2,1-2H3. The molecule has 0 amide bonds. The highest BCUT2D eigenvalue weighted by atomic mass is 32.2. The van der Waals surface area contributed by atoms with E-state index in [4.69, 9.17) is 9.47 Å². The summed E-state index contributed by atoms with van der Waals surface area (Å²) in [5, 5.41) is 3.30. The van der Waals surface area contributed by atoms with E-state index in [0.29, 0.717) is 6.61 Å². The Morgan fingerprint density at radius 2 is 1.88 bits per heavy atom. The van der Waals surface area contributed by atoms with Crippen LogP contribution in [0.3, 0.4) is 0 Å². The van der Waals surface area contributed by atoms with Crippen LogP contribution in [-0.4, -0.2) is 39.7 Å². The molecular formula is C13H21NO2S. The summed E-state index contributed by atoms with van der Waals surface area (Å²) in [6.07, 6.45) is 3.11. The van der Waals surface area contributed by atoms with Crippen molar-refractivity contribution in [3.8, 4) is 5.75 Å². The first-order valence-corrected chi connectivity index (χ1v) is 7.06. The highest BCUT2D eigenvalue weighted by molar-refractivity contribution is 7.98. The minimum absolute atomic E-state index is 0.700. The molecule has 96 valence electrons. The van der Waals surface area contributed by atoms with Crippen molar-refractivity contribution in [3.63, 3.8) is 0 Å². The van der Waals surface area contributed by atoms with Crippen LogP contribution in [0.2, 0.25) is 0 Å². The number of methoxy groups -OCH3 is 1. The number of hydrogen-bond acceptors (Lipinski definition) is 4. The molecule has 1 aromatic carbocycles. The highest BCUT2D eigenvalue weighted by Gasteiger charge is 1.94. The minimum atomic E-state index is 0.700. The van der Waals surface area contributed by atoms with Crippen molar-refractivity contribution >= 4 is 11.8 Å². The quantitative estimate of drug-likeness (QED) is 0.542. The van der Waals surface area contributed by atoms with Crippen LogP contribution in [0.25, 0.3) is 0 Å². The summed E-state index contributed by atoms with van der Waals surface area (Å²) < 4.78 is 10.6. The Morgan fingerprint density at radius 1 is 1.12 bits per heavy atom. The molecule has 0 saturated carbocycles. The van der Waals surface area contributed by atoms with Crippen LogP contribution in [0, 0.1) is 0 Å². The van der Waals surface area contributed by atoms with E-state index in [-0.39, 0.29) is 0 Å². The van der Waals surface area contributed by atoms with E-state index in [1.807, 2.05) is 12.1 Å².